The van der Waals surface area contributed by atoms with Gasteiger partial charge in [0.2, 0.25) is 5.91 Å². The number of anilines is 1. The lowest BCUT2D eigenvalue weighted by Gasteiger charge is -2.31. The van der Waals surface area contributed by atoms with Crippen molar-refractivity contribution in [2.45, 2.75) is 50.9 Å². The fraction of sp³-hybridized carbons (Fsp3) is 0.400. The third kappa shape index (κ3) is 3.63. The van der Waals surface area contributed by atoms with E-state index < -0.39 is 11.8 Å². The summed E-state index contributed by atoms with van der Waals surface area (Å²) < 4.78 is 17.0. The molecule has 7 nitrogen and oxygen atoms in total. The number of benzene rings is 1. The van der Waals surface area contributed by atoms with Crippen molar-refractivity contribution in [3.8, 4) is 11.5 Å². The fourth-order valence-electron chi connectivity index (χ4n) is 3.46. The van der Waals surface area contributed by atoms with E-state index in [0.717, 1.165) is 25.7 Å². The van der Waals surface area contributed by atoms with E-state index in [1.54, 1.807) is 25.1 Å². The summed E-state index contributed by atoms with van der Waals surface area (Å²) in [5.41, 5.74) is 0.968. The molecule has 142 valence electrons. The van der Waals surface area contributed by atoms with Gasteiger partial charge in [0.25, 0.3) is 11.7 Å². The van der Waals surface area contributed by atoms with Crippen molar-refractivity contribution in [1.82, 2.24) is 5.32 Å². The van der Waals surface area contributed by atoms with Crippen LogP contribution in [0.5, 0.6) is 11.5 Å². The van der Waals surface area contributed by atoms with E-state index in [1.165, 1.54) is 18.9 Å². The summed E-state index contributed by atoms with van der Waals surface area (Å²) in [6, 6.07) is 6.18. The molecule has 1 saturated carbocycles. The van der Waals surface area contributed by atoms with Crippen molar-refractivity contribution >= 4 is 17.5 Å². The summed E-state index contributed by atoms with van der Waals surface area (Å²) in [5.74, 6) is 0.116. The minimum atomic E-state index is -0.706. The quantitative estimate of drug-likeness (QED) is 0.860. The highest BCUT2D eigenvalue weighted by Gasteiger charge is 2.42. The molecule has 1 aliphatic heterocycles. The van der Waals surface area contributed by atoms with Crippen molar-refractivity contribution in [2.24, 2.45) is 0 Å². The van der Waals surface area contributed by atoms with Crippen molar-refractivity contribution in [1.29, 1.82) is 0 Å². The van der Waals surface area contributed by atoms with Gasteiger partial charge in [-0.15, -0.1) is 0 Å². The maximum atomic E-state index is 12.4. The number of carbonyl (C=O) groups is 2. The standard InChI is InChI=1S/C20H22N2O5/c1-13(21-19(24)14-7-10-25-12-14)18(23)22-15-5-6-16-17(11-15)27-20(26-16)8-3-2-4-9-20/h5-7,10-13H,2-4,8-9H2,1H3,(H,21,24)(H,22,23). The van der Waals surface area contributed by atoms with Crippen molar-refractivity contribution in [2.75, 3.05) is 5.32 Å². The van der Waals surface area contributed by atoms with Crippen molar-refractivity contribution in [3.63, 3.8) is 0 Å². The Labute approximate surface area is 157 Å². The molecule has 1 fully saturated rings. The molecule has 2 N–H and O–H groups in total. The SMILES string of the molecule is CC(NC(=O)c1ccoc1)C(=O)Nc1ccc2c(c1)OC1(CCCCC1)O2. The molecule has 1 unspecified atom stereocenters. The maximum Gasteiger partial charge on any atom is 0.255 e. The lowest BCUT2D eigenvalue weighted by atomic mass is 9.94. The first-order valence-corrected chi connectivity index (χ1v) is 9.21. The third-order valence-electron chi connectivity index (χ3n) is 4.94. The van der Waals surface area contributed by atoms with Crippen LogP contribution in [0.15, 0.2) is 41.2 Å². The zero-order valence-corrected chi connectivity index (χ0v) is 15.1. The Morgan fingerprint density at radius 2 is 1.85 bits per heavy atom. The second-order valence-electron chi connectivity index (χ2n) is 7.03. The minimum absolute atomic E-state index is 0.321. The highest BCUT2D eigenvalue weighted by Crippen LogP contribution is 2.46. The van der Waals surface area contributed by atoms with E-state index in [9.17, 15) is 9.59 Å². The van der Waals surface area contributed by atoms with Gasteiger partial charge >= 0.3 is 0 Å². The van der Waals surface area contributed by atoms with Gasteiger partial charge in [0.05, 0.1) is 11.8 Å². The maximum absolute atomic E-state index is 12.4. The molecule has 0 saturated heterocycles. The summed E-state index contributed by atoms with van der Waals surface area (Å²) >= 11 is 0. The summed E-state index contributed by atoms with van der Waals surface area (Å²) in [6.45, 7) is 1.62. The molecular weight excluding hydrogens is 348 g/mol. The van der Waals surface area contributed by atoms with Crippen LogP contribution in [-0.2, 0) is 4.79 Å². The Kier molecular flexibility index (Phi) is 4.51. The van der Waals surface area contributed by atoms with Crippen LogP contribution in [0.1, 0.15) is 49.4 Å². The molecule has 1 aromatic carbocycles. The van der Waals surface area contributed by atoms with Crippen LogP contribution >= 0.6 is 0 Å². The van der Waals surface area contributed by atoms with Crippen molar-refractivity contribution in [3.05, 3.63) is 42.4 Å². The molecule has 2 aliphatic rings. The van der Waals surface area contributed by atoms with Gasteiger partial charge in [-0.2, -0.15) is 0 Å². The molecule has 0 radical (unpaired) electrons. The first kappa shape index (κ1) is 17.5. The zero-order valence-electron chi connectivity index (χ0n) is 15.1. The Bertz CT molecular complexity index is 840. The Balaban J connectivity index is 1.38. The fourth-order valence-corrected chi connectivity index (χ4v) is 3.46. The summed E-state index contributed by atoms with van der Waals surface area (Å²) in [5, 5.41) is 5.44. The van der Waals surface area contributed by atoms with Crippen molar-refractivity contribution < 1.29 is 23.5 Å². The number of nitrogens with one attached hydrogen (secondary N) is 2. The van der Waals surface area contributed by atoms with Gasteiger partial charge in [-0.1, -0.05) is 6.42 Å². The molecule has 27 heavy (non-hydrogen) atoms. The molecule has 0 bridgehead atoms. The number of amides is 2. The minimum Gasteiger partial charge on any atom is -0.472 e. The Morgan fingerprint density at radius 3 is 2.59 bits per heavy atom. The number of rotatable bonds is 4. The Hall–Kier alpha value is -2.96. The van der Waals surface area contributed by atoms with Crippen LogP contribution in [0.4, 0.5) is 5.69 Å². The normalized spacial score (nSPS) is 18.1. The van der Waals surface area contributed by atoms with Crippen LogP contribution in [-0.4, -0.2) is 23.6 Å². The molecule has 1 aliphatic carbocycles. The summed E-state index contributed by atoms with van der Waals surface area (Å²) in [7, 11) is 0. The lowest BCUT2D eigenvalue weighted by Crippen LogP contribution is -2.41. The predicted octanol–water partition coefficient (Wildman–Crippen LogP) is 3.47. The smallest absolute Gasteiger partial charge is 0.255 e. The van der Waals surface area contributed by atoms with E-state index in [-0.39, 0.29) is 11.8 Å². The van der Waals surface area contributed by atoms with Crippen LogP contribution in [0.2, 0.25) is 0 Å². The lowest BCUT2D eigenvalue weighted by molar-refractivity contribution is -0.117. The molecule has 7 heteroatoms. The average molecular weight is 370 g/mol. The number of fused-ring (bicyclic) bond motifs is 1. The van der Waals surface area contributed by atoms with E-state index in [2.05, 4.69) is 10.6 Å². The molecule has 2 amide bonds. The van der Waals surface area contributed by atoms with Gasteiger partial charge in [-0.3, -0.25) is 9.59 Å². The number of hydrogen-bond donors (Lipinski definition) is 2. The van der Waals surface area contributed by atoms with Crippen LogP contribution in [0, 0.1) is 0 Å². The van der Waals surface area contributed by atoms with Gasteiger partial charge in [-0.25, -0.2) is 0 Å². The Morgan fingerprint density at radius 1 is 1.07 bits per heavy atom. The second kappa shape index (κ2) is 6.98. The van der Waals surface area contributed by atoms with Crippen LogP contribution in [0.3, 0.4) is 0 Å². The highest BCUT2D eigenvalue weighted by atomic mass is 16.7. The molecular formula is C20H22N2O5. The second-order valence-corrected chi connectivity index (χ2v) is 7.03. The van der Waals surface area contributed by atoms with E-state index >= 15 is 0 Å². The monoisotopic (exact) mass is 370 g/mol. The number of hydrogen-bond acceptors (Lipinski definition) is 5. The van der Waals surface area contributed by atoms with E-state index in [0.29, 0.717) is 22.7 Å². The van der Waals surface area contributed by atoms with Gasteiger partial charge in [0, 0.05) is 24.6 Å². The third-order valence-corrected chi connectivity index (χ3v) is 4.94. The predicted molar refractivity (Wildman–Crippen MR) is 97.8 cm³/mol. The topological polar surface area (TPSA) is 89.8 Å². The summed E-state index contributed by atoms with van der Waals surface area (Å²) in [4.78, 5) is 24.4. The van der Waals surface area contributed by atoms with Gasteiger partial charge in [0.15, 0.2) is 11.5 Å². The van der Waals surface area contributed by atoms with E-state index in [1.807, 2.05) is 6.07 Å². The van der Waals surface area contributed by atoms with E-state index in [4.69, 9.17) is 13.9 Å². The molecule has 1 atom stereocenters. The molecule has 2 aromatic rings. The largest absolute Gasteiger partial charge is 0.472 e. The summed E-state index contributed by atoms with van der Waals surface area (Å²) in [6.07, 6.45) is 7.87. The van der Waals surface area contributed by atoms with Crippen LogP contribution < -0.4 is 20.1 Å². The highest BCUT2D eigenvalue weighted by molar-refractivity contribution is 6.00. The van der Waals surface area contributed by atoms with Crippen LogP contribution in [0.25, 0.3) is 0 Å². The molecule has 1 aromatic heterocycles. The zero-order chi connectivity index (χ0) is 18.9. The first-order chi connectivity index (χ1) is 13.0. The molecule has 2 heterocycles. The first-order valence-electron chi connectivity index (χ1n) is 9.21. The number of ether oxygens (including phenoxy) is 2. The number of carbonyl (C=O) groups excluding carboxylic acids is 2. The van der Waals surface area contributed by atoms with Gasteiger partial charge in [0.1, 0.15) is 12.3 Å². The average Bonchev–Trinajstić information content (AvgIpc) is 3.29. The van der Waals surface area contributed by atoms with Gasteiger partial charge < -0.3 is 24.5 Å². The molecule has 4 rings (SSSR count). The molecule has 1 spiro atoms. The van der Waals surface area contributed by atoms with Gasteiger partial charge in [-0.05, 0) is 38.0 Å². The number of furan rings is 1.